The molecule has 0 atom stereocenters. The lowest BCUT2D eigenvalue weighted by Crippen LogP contribution is -1.99. The molecule has 2 rings (SSSR count). The fourth-order valence-corrected chi connectivity index (χ4v) is 3.53. The average Bonchev–Trinajstić information content (AvgIpc) is 2.70. The molecule has 0 aliphatic carbocycles. The average molecular weight is 599 g/mol. The maximum absolute atomic E-state index is 9.17. The summed E-state index contributed by atoms with van der Waals surface area (Å²) in [4.78, 5) is 0. The Morgan fingerprint density at radius 3 is 1.69 bits per heavy atom. The smallest absolute Gasteiger partial charge is 0.161 e. The van der Waals surface area contributed by atoms with Crippen molar-refractivity contribution in [3.63, 3.8) is 0 Å². The number of hydrogen-bond acceptors (Lipinski definition) is 4. The second-order valence-electron chi connectivity index (χ2n) is 5.95. The summed E-state index contributed by atoms with van der Waals surface area (Å²) in [7, 11) is 3.19. The Kier molecular flexibility index (Phi) is 17.3. The predicted molar refractivity (Wildman–Crippen MR) is 133 cm³/mol. The van der Waals surface area contributed by atoms with Crippen molar-refractivity contribution in [1.82, 2.24) is 0 Å². The highest BCUT2D eigenvalue weighted by molar-refractivity contribution is 9.09. The first-order chi connectivity index (χ1) is 13.9. The van der Waals surface area contributed by atoms with Gasteiger partial charge in [-0.25, -0.2) is 0 Å². The van der Waals surface area contributed by atoms with Gasteiger partial charge in [-0.2, -0.15) is 0 Å². The Bertz CT molecular complexity index is 679. The highest BCUT2D eigenvalue weighted by atomic mass is 79.9. The molecule has 0 radical (unpaired) electrons. The molecular formula is C22H31Br3O4. The predicted octanol–water partition coefficient (Wildman–Crippen LogP) is 7.04. The van der Waals surface area contributed by atoms with E-state index in [0.29, 0.717) is 12.4 Å². The number of benzene rings is 2. The molecule has 0 aromatic heterocycles. The maximum atomic E-state index is 9.17. The lowest BCUT2D eigenvalue weighted by molar-refractivity contribution is 0.295. The molecule has 0 saturated carbocycles. The molecule has 4 nitrogen and oxygen atoms in total. The van der Waals surface area contributed by atoms with Crippen LogP contribution in [0.3, 0.4) is 0 Å². The van der Waals surface area contributed by atoms with Crippen LogP contribution in [0.1, 0.15) is 24.0 Å². The Labute approximate surface area is 200 Å². The van der Waals surface area contributed by atoms with Gasteiger partial charge in [0.05, 0.1) is 20.8 Å². The van der Waals surface area contributed by atoms with Crippen molar-refractivity contribution in [2.45, 2.75) is 26.7 Å². The maximum Gasteiger partial charge on any atom is 0.161 e. The molecular weight excluding hydrogens is 568 g/mol. The van der Waals surface area contributed by atoms with E-state index in [4.69, 9.17) is 19.3 Å². The van der Waals surface area contributed by atoms with Crippen LogP contribution < -0.4 is 14.2 Å². The van der Waals surface area contributed by atoms with Gasteiger partial charge in [-0.15, -0.1) is 0 Å². The quantitative estimate of drug-likeness (QED) is 0.261. The number of phenolic OH excluding ortho intramolecular Hbond substituents is 1. The van der Waals surface area contributed by atoms with Crippen molar-refractivity contribution in [1.29, 1.82) is 0 Å². The van der Waals surface area contributed by atoms with Gasteiger partial charge in [-0.3, -0.25) is 0 Å². The molecule has 2 aromatic rings. The van der Waals surface area contributed by atoms with Gasteiger partial charge in [0.2, 0.25) is 0 Å². The summed E-state index contributed by atoms with van der Waals surface area (Å²) >= 11 is 9.92. The highest BCUT2D eigenvalue weighted by Gasteiger charge is 2.03. The van der Waals surface area contributed by atoms with Gasteiger partial charge in [0.1, 0.15) is 0 Å². The van der Waals surface area contributed by atoms with Crippen LogP contribution in [-0.2, 0) is 0 Å². The van der Waals surface area contributed by atoms with E-state index < -0.39 is 0 Å². The molecule has 0 aliphatic rings. The third-order valence-corrected chi connectivity index (χ3v) is 5.14. The van der Waals surface area contributed by atoms with Gasteiger partial charge in [0.15, 0.2) is 23.0 Å². The molecule has 164 valence electrons. The zero-order valence-corrected chi connectivity index (χ0v) is 22.3. The van der Waals surface area contributed by atoms with Gasteiger partial charge in [-0.05, 0) is 62.1 Å². The minimum Gasteiger partial charge on any atom is -0.504 e. The van der Waals surface area contributed by atoms with Crippen LogP contribution in [0.4, 0.5) is 0 Å². The number of ether oxygens (including phenoxy) is 3. The Morgan fingerprint density at radius 2 is 1.24 bits per heavy atom. The molecule has 0 amide bonds. The molecule has 0 fully saturated rings. The molecule has 1 N–H and O–H groups in total. The summed E-state index contributed by atoms with van der Waals surface area (Å²) in [5.74, 6) is 2.34. The first-order valence-electron chi connectivity index (χ1n) is 9.22. The van der Waals surface area contributed by atoms with Crippen LogP contribution in [0.2, 0.25) is 0 Å². The van der Waals surface area contributed by atoms with E-state index in [0.717, 1.165) is 39.5 Å². The molecule has 29 heavy (non-hydrogen) atoms. The minimum atomic E-state index is 0.197. The number of phenols is 1. The molecule has 0 heterocycles. The first kappa shape index (κ1) is 28.1. The Balaban J connectivity index is 0.000000455. The number of aromatic hydroxyl groups is 1. The number of hydrogen-bond donors (Lipinski definition) is 1. The van der Waals surface area contributed by atoms with Crippen molar-refractivity contribution in [2.24, 2.45) is 0 Å². The summed E-state index contributed by atoms with van der Waals surface area (Å²) in [6, 6.07) is 11.2. The number of methoxy groups -OCH3 is 2. The van der Waals surface area contributed by atoms with Crippen molar-refractivity contribution in [2.75, 3.05) is 36.8 Å². The van der Waals surface area contributed by atoms with Gasteiger partial charge < -0.3 is 19.3 Å². The summed E-state index contributed by atoms with van der Waals surface area (Å²) in [6.45, 7) is 4.67. The lowest BCUT2D eigenvalue weighted by Gasteiger charge is -2.10. The topological polar surface area (TPSA) is 47.9 Å². The Hall–Kier alpha value is -0.920. The van der Waals surface area contributed by atoms with Crippen LogP contribution in [0.25, 0.3) is 0 Å². The second kappa shape index (κ2) is 17.9. The number of aryl methyl sites for hydroxylation is 2. The van der Waals surface area contributed by atoms with E-state index in [1.807, 2.05) is 38.1 Å². The standard InChI is InChI=1S/C11H15BrO2.C8H10O2.C3H6Br2/c1-9-4-5-10(13-2)11(8-9)14-7-3-6-12;1-6-3-4-8(10-2)7(9)5-6;4-2-1-3-5/h4-5,8H,3,6-7H2,1-2H3;3-5,9H,1-2H3;1-3H2. The number of halogens is 3. The first-order valence-corrected chi connectivity index (χ1v) is 12.6. The van der Waals surface area contributed by atoms with E-state index in [-0.39, 0.29) is 5.75 Å². The van der Waals surface area contributed by atoms with Crippen molar-refractivity contribution < 1.29 is 19.3 Å². The molecule has 0 bridgehead atoms. The number of rotatable bonds is 8. The van der Waals surface area contributed by atoms with Crippen molar-refractivity contribution in [3.05, 3.63) is 47.5 Å². The summed E-state index contributed by atoms with van der Waals surface area (Å²) in [6.07, 6.45) is 2.22. The lowest BCUT2D eigenvalue weighted by atomic mass is 10.2. The van der Waals surface area contributed by atoms with Crippen molar-refractivity contribution in [3.8, 4) is 23.0 Å². The monoisotopic (exact) mass is 596 g/mol. The minimum absolute atomic E-state index is 0.197. The van der Waals surface area contributed by atoms with E-state index in [1.54, 1.807) is 19.2 Å². The molecule has 0 spiro atoms. The Morgan fingerprint density at radius 1 is 0.724 bits per heavy atom. The second-order valence-corrected chi connectivity index (χ2v) is 8.33. The van der Waals surface area contributed by atoms with E-state index in [9.17, 15) is 0 Å². The third-order valence-electron chi connectivity index (χ3n) is 3.46. The highest BCUT2D eigenvalue weighted by Crippen LogP contribution is 2.28. The van der Waals surface area contributed by atoms with Gasteiger partial charge in [0, 0.05) is 16.0 Å². The van der Waals surface area contributed by atoms with Crippen molar-refractivity contribution >= 4 is 47.8 Å². The zero-order valence-electron chi connectivity index (χ0n) is 17.5. The summed E-state index contributed by atoms with van der Waals surface area (Å²) < 4.78 is 15.6. The number of alkyl halides is 3. The van der Waals surface area contributed by atoms with E-state index in [1.165, 1.54) is 19.1 Å². The van der Waals surface area contributed by atoms with E-state index >= 15 is 0 Å². The van der Waals surface area contributed by atoms with E-state index in [2.05, 4.69) is 47.8 Å². The molecule has 0 saturated heterocycles. The summed E-state index contributed by atoms with van der Waals surface area (Å²) in [5.41, 5.74) is 2.21. The van der Waals surface area contributed by atoms with Gasteiger partial charge in [0.25, 0.3) is 0 Å². The van der Waals surface area contributed by atoms with Crippen LogP contribution in [0, 0.1) is 13.8 Å². The fraction of sp³-hybridized carbons (Fsp3) is 0.455. The molecule has 2 aromatic carbocycles. The molecule has 0 aliphatic heterocycles. The zero-order chi connectivity index (χ0) is 22.1. The van der Waals surface area contributed by atoms with Crippen LogP contribution in [0.5, 0.6) is 23.0 Å². The van der Waals surface area contributed by atoms with Gasteiger partial charge in [-0.1, -0.05) is 59.9 Å². The SMILES string of the molecule is BrCCCBr.COc1ccc(C)cc1O.COc1ccc(C)cc1OCCCBr. The molecule has 0 unspecified atom stereocenters. The fourth-order valence-electron chi connectivity index (χ4n) is 1.98. The normalized spacial score (nSPS) is 9.48. The van der Waals surface area contributed by atoms with Crippen LogP contribution in [-0.4, -0.2) is 41.9 Å². The largest absolute Gasteiger partial charge is 0.504 e. The summed E-state index contributed by atoms with van der Waals surface area (Å²) in [5, 5.41) is 12.3. The third kappa shape index (κ3) is 13.1. The molecule has 7 heteroatoms. The van der Waals surface area contributed by atoms with Crippen LogP contribution >= 0.6 is 47.8 Å². The van der Waals surface area contributed by atoms with Gasteiger partial charge >= 0.3 is 0 Å². The van der Waals surface area contributed by atoms with Crippen LogP contribution in [0.15, 0.2) is 36.4 Å².